The van der Waals surface area contributed by atoms with Crippen LogP contribution in [0.4, 0.5) is 20.6 Å². The third-order valence-corrected chi connectivity index (χ3v) is 5.02. The number of para-hydroxylation sites is 1. The highest BCUT2D eigenvalue weighted by Crippen LogP contribution is 2.32. The van der Waals surface area contributed by atoms with Gasteiger partial charge < -0.3 is 10.2 Å². The molecular formula is C20H20FN3O2. The number of halogens is 1. The highest BCUT2D eigenvalue weighted by Gasteiger charge is 2.35. The first-order valence-electron chi connectivity index (χ1n) is 8.76. The summed E-state index contributed by atoms with van der Waals surface area (Å²) >= 11 is 0. The molecule has 3 amide bonds. The first-order valence-corrected chi connectivity index (χ1v) is 8.76. The molecule has 2 atom stereocenters. The number of fused-ring (bicyclic) bond motifs is 1. The van der Waals surface area contributed by atoms with Gasteiger partial charge in [-0.05, 0) is 49.2 Å². The number of rotatable bonds is 2. The van der Waals surface area contributed by atoms with Crippen LogP contribution in [0.1, 0.15) is 18.9 Å². The van der Waals surface area contributed by atoms with Gasteiger partial charge >= 0.3 is 6.03 Å². The van der Waals surface area contributed by atoms with E-state index in [4.69, 9.17) is 0 Å². The zero-order valence-electron chi connectivity index (χ0n) is 14.5. The fourth-order valence-electron chi connectivity index (χ4n) is 3.79. The second-order valence-corrected chi connectivity index (χ2v) is 6.88. The van der Waals surface area contributed by atoms with Crippen molar-refractivity contribution in [3.05, 3.63) is 59.9 Å². The zero-order valence-corrected chi connectivity index (χ0v) is 14.5. The summed E-state index contributed by atoms with van der Waals surface area (Å²) in [7, 11) is 0. The molecule has 2 heterocycles. The predicted octanol–water partition coefficient (Wildman–Crippen LogP) is 3.09. The van der Waals surface area contributed by atoms with Crippen molar-refractivity contribution in [3.63, 3.8) is 0 Å². The molecule has 1 N–H and O–H groups in total. The van der Waals surface area contributed by atoms with Crippen LogP contribution in [0.5, 0.6) is 0 Å². The monoisotopic (exact) mass is 353 g/mol. The molecule has 0 radical (unpaired) electrons. The van der Waals surface area contributed by atoms with Gasteiger partial charge in [0.15, 0.2) is 0 Å². The molecule has 2 aromatic carbocycles. The van der Waals surface area contributed by atoms with Gasteiger partial charge in [-0.2, -0.15) is 0 Å². The summed E-state index contributed by atoms with van der Waals surface area (Å²) in [5.74, 6) is -0.413. The predicted molar refractivity (Wildman–Crippen MR) is 97.8 cm³/mol. The molecule has 2 aliphatic rings. The van der Waals surface area contributed by atoms with E-state index in [2.05, 4.69) is 5.32 Å². The molecular weight excluding hydrogens is 333 g/mol. The van der Waals surface area contributed by atoms with E-state index in [1.807, 2.05) is 31.2 Å². The Morgan fingerprint density at radius 3 is 2.62 bits per heavy atom. The fraction of sp³-hybridized carbons (Fsp3) is 0.300. The summed E-state index contributed by atoms with van der Waals surface area (Å²) in [4.78, 5) is 28.5. The van der Waals surface area contributed by atoms with Crippen molar-refractivity contribution >= 4 is 23.3 Å². The van der Waals surface area contributed by atoms with Crippen LogP contribution < -0.4 is 15.1 Å². The minimum absolute atomic E-state index is 0.0724. The number of hydrogen-bond donors (Lipinski definition) is 1. The van der Waals surface area contributed by atoms with Gasteiger partial charge in [-0.15, -0.1) is 0 Å². The number of nitrogens with zero attached hydrogens (tertiary/aromatic N) is 2. The molecule has 0 unspecified atom stereocenters. The largest absolute Gasteiger partial charge is 0.333 e. The van der Waals surface area contributed by atoms with Gasteiger partial charge in [-0.25, -0.2) is 9.18 Å². The molecule has 0 aromatic heterocycles. The van der Waals surface area contributed by atoms with E-state index in [1.165, 1.54) is 12.1 Å². The lowest BCUT2D eigenvalue weighted by Gasteiger charge is -2.25. The van der Waals surface area contributed by atoms with Gasteiger partial charge in [0.1, 0.15) is 5.82 Å². The standard InChI is InChI=1S/C20H20FN3O2/c1-13-10-14-4-2-3-5-18(14)24(13)20(26)22-16-11-19(25)23(12-16)17-8-6-15(21)7-9-17/h2-9,13,16H,10-12H2,1H3,(H,22,26)/t13-,16-/m1/s1. The first-order chi connectivity index (χ1) is 12.5. The average molecular weight is 353 g/mol. The number of carbonyl (C=O) groups is 2. The lowest BCUT2D eigenvalue weighted by Crippen LogP contribution is -2.48. The normalized spacial score (nSPS) is 21.8. The fourth-order valence-corrected chi connectivity index (χ4v) is 3.79. The Morgan fingerprint density at radius 2 is 1.85 bits per heavy atom. The summed E-state index contributed by atoms with van der Waals surface area (Å²) in [6.07, 6.45) is 1.07. The number of carbonyl (C=O) groups excluding carboxylic acids is 2. The molecule has 0 aliphatic carbocycles. The van der Waals surface area contributed by atoms with E-state index in [0.29, 0.717) is 12.2 Å². The number of anilines is 2. The van der Waals surface area contributed by atoms with E-state index >= 15 is 0 Å². The van der Waals surface area contributed by atoms with E-state index in [9.17, 15) is 14.0 Å². The third-order valence-electron chi connectivity index (χ3n) is 5.02. The minimum Gasteiger partial charge on any atom is -0.333 e. The van der Waals surface area contributed by atoms with Crippen LogP contribution in [0.15, 0.2) is 48.5 Å². The van der Waals surface area contributed by atoms with E-state index in [-0.39, 0.29) is 36.3 Å². The molecule has 1 saturated heterocycles. The molecule has 5 nitrogen and oxygen atoms in total. The smallest absolute Gasteiger partial charge is 0.322 e. The Morgan fingerprint density at radius 1 is 1.12 bits per heavy atom. The van der Waals surface area contributed by atoms with Crippen LogP contribution in [-0.4, -0.2) is 30.6 Å². The Kier molecular flexibility index (Phi) is 4.11. The zero-order chi connectivity index (χ0) is 18.3. The van der Waals surface area contributed by atoms with Crippen LogP contribution >= 0.6 is 0 Å². The second kappa shape index (κ2) is 6.44. The van der Waals surface area contributed by atoms with E-state index < -0.39 is 0 Å². The van der Waals surface area contributed by atoms with Gasteiger partial charge in [-0.1, -0.05) is 18.2 Å². The molecule has 6 heteroatoms. The Balaban J connectivity index is 1.46. The van der Waals surface area contributed by atoms with E-state index in [1.54, 1.807) is 21.9 Å². The lowest BCUT2D eigenvalue weighted by atomic mass is 10.1. The summed E-state index contributed by atoms with van der Waals surface area (Å²) in [6.45, 7) is 2.41. The van der Waals surface area contributed by atoms with Crippen LogP contribution in [0.25, 0.3) is 0 Å². The molecule has 4 rings (SSSR count). The van der Waals surface area contributed by atoms with Crippen molar-refractivity contribution in [2.45, 2.75) is 31.8 Å². The number of amides is 3. The quantitative estimate of drug-likeness (QED) is 0.902. The lowest BCUT2D eigenvalue weighted by molar-refractivity contribution is -0.117. The molecule has 2 aromatic rings. The number of benzene rings is 2. The maximum Gasteiger partial charge on any atom is 0.322 e. The maximum absolute atomic E-state index is 13.1. The number of hydrogen-bond acceptors (Lipinski definition) is 2. The highest BCUT2D eigenvalue weighted by atomic mass is 19.1. The Bertz CT molecular complexity index is 852. The molecule has 0 spiro atoms. The van der Waals surface area contributed by atoms with Gasteiger partial charge in [-0.3, -0.25) is 9.69 Å². The Hall–Kier alpha value is -2.89. The Labute approximate surface area is 151 Å². The van der Waals surface area contributed by atoms with Crippen LogP contribution in [-0.2, 0) is 11.2 Å². The van der Waals surface area contributed by atoms with Gasteiger partial charge in [0.2, 0.25) is 5.91 Å². The van der Waals surface area contributed by atoms with Gasteiger partial charge in [0, 0.05) is 30.4 Å². The number of urea groups is 1. The summed E-state index contributed by atoms with van der Waals surface area (Å²) in [5, 5.41) is 2.98. The maximum atomic E-state index is 13.1. The molecule has 26 heavy (non-hydrogen) atoms. The molecule has 0 saturated carbocycles. The minimum atomic E-state index is -0.341. The van der Waals surface area contributed by atoms with Crippen LogP contribution in [0.2, 0.25) is 0 Å². The van der Waals surface area contributed by atoms with Crippen LogP contribution in [0, 0.1) is 5.82 Å². The van der Waals surface area contributed by atoms with Crippen molar-refractivity contribution < 1.29 is 14.0 Å². The molecule has 134 valence electrons. The van der Waals surface area contributed by atoms with E-state index in [0.717, 1.165) is 17.7 Å². The second-order valence-electron chi connectivity index (χ2n) is 6.88. The molecule has 2 aliphatic heterocycles. The summed E-state index contributed by atoms with van der Waals surface area (Å²) in [6, 6.07) is 13.3. The van der Waals surface area contributed by atoms with Crippen molar-refractivity contribution in [1.82, 2.24) is 5.32 Å². The van der Waals surface area contributed by atoms with Crippen molar-refractivity contribution in [3.8, 4) is 0 Å². The molecule has 1 fully saturated rings. The topological polar surface area (TPSA) is 52.7 Å². The van der Waals surface area contributed by atoms with Crippen molar-refractivity contribution in [2.75, 3.05) is 16.3 Å². The average Bonchev–Trinajstić information content (AvgIpc) is 3.14. The summed E-state index contributed by atoms with van der Waals surface area (Å²) in [5.41, 5.74) is 2.73. The summed E-state index contributed by atoms with van der Waals surface area (Å²) < 4.78 is 13.1. The first kappa shape index (κ1) is 16.6. The van der Waals surface area contributed by atoms with Gasteiger partial charge in [0.05, 0.1) is 6.04 Å². The van der Waals surface area contributed by atoms with Gasteiger partial charge in [0.25, 0.3) is 0 Å². The SMILES string of the molecule is C[C@@H]1Cc2ccccc2N1C(=O)N[C@@H]1CC(=O)N(c2ccc(F)cc2)C1. The third kappa shape index (κ3) is 2.92. The molecule has 0 bridgehead atoms. The highest BCUT2D eigenvalue weighted by molar-refractivity contribution is 5.99. The van der Waals surface area contributed by atoms with Crippen molar-refractivity contribution in [2.24, 2.45) is 0 Å². The van der Waals surface area contributed by atoms with Crippen LogP contribution in [0.3, 0.4) is 0 Å². The van der Waals surface area contributed by atoms with Crippen molar-refractivity contribution in [1.29, 1.82) is 0 Å². The number of nitrogens with one attached hydrogen (secondary N) is 1.